The van der Waals surface area contributed by atoms with Crippen molar-refractivity contribution < 1.29 is 14.1 Å². The van der Waals surface area contributed by atoms with Crippen LogP contribution in [0.4, 0.5) is 10.9 Å². The molecule has 112 valence electrons. The van der Waals surface area contributed by atoms with Gasteiger partial charge in [0.15, 0.2) is 10.9 Å². The fourth-order valence-electron chi connectivity index (χ4n) is 1.61. The molecular weight excluding hydrogens is 294 g/mol. The fourth-order valence-corrected chi connectivity index (χ4v) is 2.17. The Morgan fingerprint density at radius 3 is 2.86 bits per heavy atom. The summed E-state index contributed by atoms with van der Waals surface area (Å²) in [6.45, 7) is 1.64. The van der Waals surface area contributed by atoms with Gasteiger partial charge < -0.3 is 20.5 Å². The largest absolute Gasteiger partial charge is 0.375 e. The van der Waals surface area contributed by atoms with Crippen LogP contribution in [-0.4, -0.2) is 40.4 Å². The monoisotopic (exact) mass is 309 g/mol. The number of thiazole rings is 1. The molecule has 2 aromatic rings. The number of aromatic nitrogens is 2. The van der Waals surface area contributed by atoms with Crippen LogP contribution in [0.1, 0.15) is 11.5 Å². The number of hydrogen-bond acceptors (Lipinski definition) is 7. The number of nitrogens with zero attached hydrogens (tertiary/aromatic N) is 3. The second-order valence-corrected chi connectivity index (χ2v) is 5.36. The van der Waals surface area contributed by atoms with Crippen LogP contribution in [0, 0.1) is 6.92 Å². The highest BCUT2D eigenvalue weighted by molar-refractivity contribution is 7.13. The van der Waals surface area contributed by atoms with Crippen LogP contribution in [0.25, 0.3) is 0 Å². The number of nitrogens with one attached hydrogen (secondary N) is 1. The molecule has 0 bridgehead atoms. The lowest BCUT2D eigenvalue weighted by molar-refractivity contribution is -0.132. The van der Waals surface area contributed by atoms with Gasteiger partial charge in [0.05, 0.1) is 18.7 Å². The van der Waals surface area contributed by atoms with E-state index < -0.39 is 0 Å². The third-order valence-electron chi connectivity index (χ3n) is 2.60. The first-order valence-electron chi connectivity index (χ1n) is 6.11. The Hall–Kier alpha value is -2.42. The highest BCUT2D eigenvalue weighted by Crippen LogP contribution is 2.12. The molecule has 0 spiro atoms. The van der Waals surface area contributed by atoms with Gasteiger partial charge in [-0.3, -0.25) is 9.59 Å². The summed E-state index contributed by atoms with van der Waals surface area (Å²) in [5.41, 5.74) is 6.10. The maximum atomic E-state index is 11.9. The van der Waals surface area contributed by atoms with E-state index in [1.54, 1.807) is 25.4 Å². The van der Waals surface area contributed by atoms with E-state index in [1.165, 1.54) is 16.2 Å². The minimum absolute atomic E-state index is 0.0790. The van der Waals surface area contributed by atoms with E-state index in [0.717, 1.165) is 0 Å². The predicted molar refractivity (Wildman–Crippen MR) is 77.7 cm³/mol. The first kappa shape index (κ1) is 15.0. The first-order chi connectivity index (χ1) is 9.94. The Morgan fingerprint density at radius 1 is 1.52 bits per heavy atom. The van der Waals surface area contributed by atoms with Gasteiger partial charge in [-0.15, -0.1) is 11.3 Å². The Bertz CT molecular complexity index is 651. The van der Waals surface area contributed by atoms with Crippen molar-refractivity contribution in [2.75, 3.05) is 24.6 Å². The molecule has 3 N–H and O–H groups in total. The zero-order chi connectivity index (χ0) is 15.4. The van der Waals surface area contributed by atoms with Crippen molar-refractivity contribution >= 4 is 34.1 Å². The summed E-state index contributed by atoms with van der Waals surface area (Å²) < 4.78 is 4.83. The van der Waals surface area contributed by atoms with Crippen molar-refractivity contribution in [2.24, 2.45) is 0 Å². The number of amides is 2. The normalized spacial score (nSPS) is 10.4. The molecule has 9 heteroatoms. The zero-order valence-electron chi connectivity index (χ0n) is 11.6. The average Bonchev–Trinajstić information content (AvgIpc) is 2.98. The second-order valence-electron chi connectivity index (χ2n) is 4.47. The lowest BCUT2D eigenvalue weighted by Crippen LogP contribution is -2.35. The summed E-state index contributed by atoms with van der Waals surface area (Å²) in [4.78, 5) is 29.0. The summed E-state index contributed by atoms with van der Waals surface area (Å²) >= 11 is 1.27. The molecule has 2 aromatic heterocycles. The van der Waals surface area contributed by atoms with Crippen LogP contribution in [-0.2, 0) is 16.0 Å². The van der Waals surface area contributed by atoms with Crippen molar-refractivity contribution in [1.82, 2.24) is 15.0 Å². The molecule has 8 nitrogen and oxygen atoms in total. The molecule has 0 saturated heterocycles. The molecule has 2 rings (SSSR count). The van der Waals surface area contributed by atoms with Gasteiger partial charge >= 0.3 is 0 Å². The average molecular weight is 309 g/mol. The molecule has 21 heavy (non-hydrogen) atoms. The highest BCUT2D eigenvalue weighted by Gasteiger charge is 2.15. The Labute approximate surface area is 124 Å². The number of carbonyl (C=O) groups is 2. The van der Waals surface area contributed by atoms with Gasteiger partial charge in [-0.05, 0) is 6.92 Å². The zero-order valence-corrected chi connectivity index (χ0v) is 12.4. The Kier molecular flexibility index (Phi) is 4.53. The van der Waals surface area contributed by atoms with E-state index in [-0.39, 0.29) is 24.8 Å². The quantitative estimate of drug-likeness (QED) is 0.838. The second kappa shape index (κ2) is 6.35. The fraction of sp³-hybridized carbons (Fsp3) is 0.333. The maximum absolute atomic E-state index is 11.9. The van der Waals surface area contributed by atoms with Crippen LogP contribution in [0.15, 0.2) is 16.0 Å². The van der Waals surface area contributed by atoms with Gasteiger partial charge in [0.2, 0.25) is 11.8 Å². The molecule has 0 unspecified atom stereocenters. The van der Waals surface area contributed by atoms with Crippen LogP contribution in [0.2, 0.25) is 0 Å². The third kappa shape index (κ3) is 4.28. The standard InChI is InChI=1S/C12H15N5O3S/c1-7-3-9(16-20-7)15-10(18)5-17(2)11(19)4-8-6-21-12(13)14-8/h3,6H,4-5H2,1-2H3,(H2,13,14)(H,15,16,18). The summed E-state index contributed by atoms with van der Waals surface area (Å²) in [5.74, 6) is 0.352. The first-order valence-corrected chi connectivity index (χ1v) is 6.99. The van der Waals surface area contributed by atoms with Gasteiger partial charge in [-0.1, -0.05) is 5.16 Å². The van der Waals surface area contributed by atoms with Crippen molar-refractivity contribution in [3.05, 3.63) is 22.9 Å². The molecule has 0 aliphatic heterocycles. The number of carbonyl (C=O) groups excluding carboxylic acids is 2. The van der Waals surface area contributed by atoms with E-state index >= 15 is 0 Å². The summed E-state index contributed by atoms with van der Waals surface area (Å²) in [7, 11) is 1.55. The Morgan fingerprint density at radius 2 is 2.29 bits per heavy atom. The molecule has 0 aromatic carbocycles. The summed E-state index contributed by atoms with van der Waals surface area (Å²) in [5, 5.41) is 8.33. The van der Waals surface area contributed by atoms with E-state index in [0.29, 0.717) is 22.4 Å². The molecule has 0 atom stereocenters. The number of hydrogen-bond donors (Lipinski definition) is 2. The number of anilines is 2. The van der Waals surface area contributed by atoms with E-state index in [2.05, 4.69) is 15.5 Å². The summed E-state index contributed by atoms with van der Waals surface area (Å²) in [6.07, 6.45) is 0.112. The van der Waals surface area contributed by atoms with Crippen LogP contribution >= 0.6 is 11.3 Å². The lowest BCUT2D eigenvalue weighted by atomic mass is 10.3. The molecule has 2 heterocycles. The van der Waals surface area contributed by atoms with Gasteiger partial charge in [0, 0.05) is 18.5 Å². The van der Waals surface area contributed by atoms with Crippen LogP contribution < -0.4 is 11.1 Å². The molecule has 0 aliphatic rings. The van der Waals surface area contributed by atoms with E-state index in [1.807, 2.05) is 0 Å². The SMILES string of the molecule is Cc1cc(NC(=O)CN(C)C(=O)Cc2csc(N)n2)no1. The minimum Gasteiger partial charge on any atom is -0.375 e. The molecule has 0 fully saturated rings. The van der Waals surface area contributed by atoms with E-state index in [4.69, 9.17) is 10.3 Å². The van der Waals surface area contributed by atoms with Crippen LogP contribution in [0.5, 0.6) is 0 Å². The molecule has 0 saturated carbocycles. The van der Waals surface area contributed by atoms with Crippen molar-refractivity contribution in [3.63, 3.8) is 0 Å². The van der Waals surface area contributed by atoms with Crippen molar-refractivity contribution in [3.8, 4) is 0 Å². The van der Waals surface area contributed by atoms with E-state index in [9.17, 15) is 9.59 Å². The smallest absolute Gasteiger partial charge is 0.245 e. The molecule has 0 aliphatic carbocycles. The summed E-state index contributed by atoms with van der Waals surface area (Å²) in [6, 6.07) is 1.60. The number of likely N-dealkylation sites (N-methyl/N-ethyl adjacent to an activating group) is 1. The van der Waals surface area contributed by atoms with Crippen LogP contribution in [0.3, 0.4) is 0 Å². The topological polar surface area (TPSA) is 114 Å². The number of nitrogen functional groups attached to an aromatic ring is 1. The van der Waals surface area contributed by atoms with Gasteiger partial charge in [-0.2, -0.15) is 0 Å². The lowest BCUT2D eigenvalue weighted by Gasteiger charge is -2.15. The minimum atomic E-state index is -0.350. The van der Waals surface area contributed by atoms with Gasteiger partial charge in [0.1, 0.15) is 5.76 Å². The highest BCUT2D eigenvalue weighted by atomic mass is 32.1. The molecular formula is C12H15N5O3S. The van der Waals surface area contributed by atoms with Crippen molar-refractivity contribution in [1.29, 1.82) is 0 Å². The Balaban J connectivity index is 1.83. The number of aryl methyl sites for hydroxylation is 1. The number of nitrogens with two attached hydrogens (primary N) is 1. The van der Waals surface area contributed by atoms with Crippen molar-refractivity contribution in [2.45, 2.75) is 13.3 Å². The predicted octanol–water partition coefficient (Wildman–Crippen LogP) is 0.661. The van der Waals surface area contributed by atoms with Gasteiger partial charge in [-0.25, -0.2) is 4.98 Å². The molecule has 0 radical (unpaired) electrons. The van der Waals surface area contributed by atoms with Gasteiger partial charge in [0.25, 0.3) is 0 Å². The maximum Gasteiger partial charge on any atom is 0.245 e. The third-order valence-corrected chi connectivity index (χ3v) is 3.33. The molecule has 2 amide bonds. The number of rotatable bonds is 5.